The number of nitrogens with one attached hydrogen (secondary N) is 1. The van der Waals surface area contributed by atoms with Gasteiger partial charge < -0.3 is 5.32 Å². The molecule has 0 bridgehead atoms. The predicted octanol–water partition coefficient (Wildman–Crippen LogP) is 4.09. The highest BCUT2D eigenvalue weighted by Gasteiger charge is 2.30. The zero-order valence-electron chi connectivity index (χ0n) is 14.2. The first kappa shape index (κ1) is 16.5. The minimum Gasteiger partial charge on any atom is -0.309 e. The van der Waals surface area contributed by atoms with Crippen LogP contribution in [0.15, 0.2) is 30.3 Å². The molecule has 1 fully saturated rings. The van der Waals surface area contributed by atoms with Crippen LogP contribution in [0, 0.1) is 11.8 Å². The summed E-state index contributed by atoms with van der Waals surface area (Å²) in [5.74, 6) is 1.64. The second kappa shape index (κ2) is 7.95. The van der Waals surface area contributed by atoms with Crippen LogP contribution in [0.5, 0.6) is 0 Å². The number of piperidine rings is 1. The van der Waals surface area contributed by atoms with Crippen molar-refractivity contribution in [2.75, 3.05) is 19.6 Å². The van der Waals surface area contributed by atoms with E-state index in [9.17, 15) is 0 Å². The van der Waals surface area contributed by atoms with Crippen molar-refractivity contribution in [3.8, 4) is 0 Å². The van der Waals surface area contributed by atoms with Crippen LogP contribution in [0.25, 0.3) is 0 Å². The van der Waals surface area contributed by atoms with E-state index in [1.807, 2.05) is 0 Å². The van der Waals surface area contributed by atoms with Crippen LogP contribution >= 0.6 is 0 Å². The topological polar surface area (TPSA) is 15.3 Å². The third-order valence-electron chi connectivity index (χ3n) is 4.73. The Labute approximate surface area is 130 Å². The van der Waals surface area contributed by atoms with E-state index in [-0.39, 0.29) is 0 Å². The summed E-state index contributed by atoms with van der Waals surface area (Å²) in [6.45, 7) is 13.0. The molecule has 1 saturated heterocycles. The second-order valence-corrected chi connectivity index (χ2v) is 6.98. The largest absolute Gasteiger partial charge is 0.309 e. The van der Waals surface area contributed by atoms with Crippen molar-refractivity contribution in [3.63, 3.8) is 0 Å². The van der Waals surface area contributed by atoms with Gasteiger partial charge in [-0.25, -0.2) is 0 Å². The minimum atomic E-state index is 0.434. The van der Waals surface area contributed by atoms with Crippen LogP contribution in [0.3, 0.4) is 0 Å². The molecule has 0 aromatic heterocycles. The number of rotatable bonds is 6. The first-order valence-corrected chi connectivity index (χ1v) is 8.64. The quantitative estimate of drug-likeness (QED) is 0.848. The SMILES string of the molecule is CCCNC(c1ccccc1)C(C)N1CC(C)CC(C)C1. The smallest absolute Gasteiger partial charge is 0.0475 e. The van der Waals surface area contributed by atoms with Gasteiger partial charge in [-0.15, -0.1) is 0 Å². The molecular weight excluding hydrogens is 256 g/mol. The Balaban J connectivity index is 2.11. The van der Waals surface area contributed by atoms with Gasteiger partial charge in [-0.05, 0) is 43.7 Å². The third-order valence-corrected chi connectivity index (χ3v) is 4.73. The molecule has 2 heteroatoms. The van der Waals surface area contributed by atoms with Gasteiger partial charge >= 0.3 is 0 Å². The molecule has 0 spiro atoms. The lowest BCUT2D eigenvalue weighted by Crippen LogP contribution is -2.49. The molecule has 21 heavy (non-hydrogen) atoms. The molecule has 0 amide bonds. The summed E-state index contributed by atoms with van der Waals surface area (Å²) in [5.41, 5.74) is 1.42. The lowest BCUT2D eigenvalue weighted by molar-refractivity contribution is 0.0832. The van der Waals surface area contributed by atoms with E-state index in [1.165, 1.54) is 31.5 Å². The maximum atomic E-state index is 3.77. The summed E-state index contributed by atoms with van der Waals surface area (Å²) >= 11 is 0. The zero-order chi connectivity index (χ0) is 15.2. The summed E-state index contributed by atoms with van der Waals surface area (Å²) in [6, 6.07) is 11.9. The van der Waals surface area contributed by atoms with E-state index < -0.39 is 0 Å². The minimum absolute atomic E-state index is 0.434. The average Bonchev–Trinajstić information content (AvgIpc) is 2.47. The fraction of sp³-hybridized carbons (Fsp3) is 0.684. The fourth-order valence-corrected chi connectivity index (χ4v) is 3.78. The number of hydrogen-bond acceptors (Lipinski definition) is 2. The van der Waals surface area contributed by atoms with Crippen molar-refractivity contribution in [2.45, 2.75) is 52.6 Å². The second-order valence-electron chi connectivity index (χ2n) is 6.98. The van der Waals surface area contributed by atoms with Crippen molar-refractivity contribution < 1.29 is 0 Å². The standard InChI is InChI=1S/C19H32N2/c1-5-11-20-19(18-9-7-6-8-10-18)17(4)21-13-15(2)12-16(3)14-21/h6-10,15-17,19-20H,5,11-14H2,1-4H3. The molecule has 1 aliphatic heterocycles. The maximum Gasteiger partial charge on any atom is 0.0475 e. The van der Waals surface area contributed by atoms with Gasteiger partial charge in [-0.2, -0.15) is 0 Å². The monoisotopic (exact) mass is 288 g/mol. The van der Waals surface area contributed by atoms with Crippen molar-refractivity contribution in [1.82, 2.24) is 10.2 Å². The first-order chi connectivity index (χ1) is 10.1. The number of benzene rings is 1. The van der Waals surface area contributed by atoms with Gasteiger partial charge in [0.05, 0.1) is 0 Å². The van der Waals surface area contributed by atoms with Crippen LogP contribution in [0.2, 0.25) is 0 Å². The summed E-state index contributed by atoms with van der Waals surface area (Å²) in [6.07, 6.45) is 2.56. The molecular formula is C19H32N2. The molecule has 4 unspecified atom stereocenters. The Kier molecular flexibility index (Phi) is 6.25. The normalized spacial score (nSPS) is 26.5. The molecule has 2 nitrogen and oxygen atoms in total. The molecule has 4 atom stereocenters. The highest BCUT2D eigenvalue weighted by atomic mass is 15.2. The number of likely N-dealkylation sites (tertiary alicyclic amines) is 1. The molecule has 0 saturated carbocycles. The van der Waals surface area contributed by atoms with Crippen LogP contribution in [0.4, 0.5) is 0 Å². The molecule has 2 rings (SSSR count). The molecule has 1 aliphatic rings. The van der Waals surface area contributed by atoms with Crippen molar-refractivity contribution in [1.29, 1.82) is 0 Å². The Morgan fingerprint density at radius 3 is 2.33 bits per heavy atom. The van der Waals surface area contributed by atoms with Gasteiger partial charge in [0.2, 0.25) is 0 Å². The highest BCUT2D eigenvalue weighted by Crippen LogP contribution is 2.28. The van der Waals surface area contributed by atoms with Gasteiger partial charge in [-0.3, -0.25) is 4.90 Å². The van der Waals surface area contributed by atoms with E-state index in [4.69, 9.17) is 0 Å². The number of hydrogen-bond donors (Lipinski definition) is 1. The Morgan fingerprint density at radius 2 is 1.76 bits per heavy atom. The van der Waals surface area contributed by atoms with E-state index in [0.29, 0.717) is 12.1 Å². The summed E-state index contributed by atoms with van der Waals surface area (Å²) in [7, 11) is 0. The van der Waals surface area contributed by atoms with Crippen molar-refractivity contribution in [2.24, 2.45) is 11.8 Å². The molecule has 0 aliphatic carbocycles. The Hall–Kier alpha value is -0.860. The molecule has 0 radical (unpaired) electrons. The summed E-state index contributed by atoms with van der Waals surface area (Å²) in [5, 5.41) is 3.77. The van der Waals surface area contributed by atoms with Gasteiger partial charge in [0, 0.05) is 25.2 Å². The summed E-state index contributed by atoms with van der Waals surface area (Å²) < 4.78 is 0. The fourth-order valence-electron chi connectivity index (χ4n) is 3.78. The van der Waals surface area contributed by atoms with E-state index in [0.717, 1.165) is 18.4 Å². The first-order valence-electron chi connectivity index (χ1n) is 8.64. The molecule has 1 N–H and O–H groups in total. The highest BCUT2D eigenvalue weighted by molar-refractivity contribution is 5.20. The van der Waals surface area contributed by atoms with Crippen LogP contribution in [-0.2, 0) is 0 Å². The van der Waals surface area contributed by atoms with Crippen molar-refractivity contribution >= 4 is 0 Å². The maximum absolute atomic E-state index is 3.77. The van der Waals surface area contributed by atoms with Crippen LogP contribution < -0.4 is 5.32 Å². The Bertz CT molecular complexity index is 393. The third kappa shape index (κ3) is 4.55. The van der Waals surface area contributed by atoms with Crippen molar-refractivity contribution in [3.05, 3.63) is 35.9 Å². The van der Waals surface area contributed by atoms with Crippen LogP contribution in [-0.4, -0.2) is 30.6 Å². The van der Waals surface area contributed by atoms with Crippen LogP contribution in [0.1, 0.15) is 52.1 Å². The van der Waals surface area contributed by atoms with E-state index >= 15 is 0 Å². The number of nitrogens with zero attached hydrogens (tertiary/aromatic N) is 1. The van der Waals surface area contributed by atoms with Gasteiger partial charge in [0.1, 0.15) is 0 Å². The Morgan fingerprint density at radius 1 is 1.14 bits per heavy atom. The van der Waals surface area contributed by atoms with E-state index in [2.05, 4.69) is 68.2 Å². The van der Waals surface area contributed by atoms with E-state index in [1.54, 1.807) is 0 Å². The van der Waals surface area contributed by atoms with Gasteiger partial charge in [0.15, 0.2) is 0 Å². The lowest BCUT2D eigenvalue weighted by atomic mass is 9.89. The lowest BCUT2D eigenvalue weighted by Gasteiger charge is -2.42. The molecule has 118 valence electrons. The molecule has 1 heterocycles. The van der Waals surface area contributed by atoms with Gasteiger partial charge in [-0.1, -0.05) is 51.1 Å². The average molecular weight is 288 g/mol. The predicted molar refractivity (Wildman–Crippen MR) is 91.5 cm³/mol. The molecule has 1 aromatic rings. The summed E-state index contributed by atoms with van der Waals surface area (Å²) in [4.78, 5) is 2.69. The zero-order valence-corrected chi connectivity index (χ0v) is 14.2. The molecule has 1 aromatic carbocycles. The van der Waals surface area contributed by atoms with Gasteiger partial charge in [0.25, 0.3) is 0 Å².